The minimum atomic E-state index is -0.828. The number of hydrogen-bond donors (Lipinski definition) is 3. The zero-order chi connectivity index (χ0) is 13.7. The van der Waals surface area contributed by atoms with E-state index >= 15 is 0 Å². The van der Waals surface area contributed by atoms with Crippen molar-refractivity contribution in [3.63, 3.8) is 0 Å². The highest BCUT2D eigenvalue weighted by Gasteiger charge is 2.22. The van der Waals surface area contributed by atoms with E-state index in [4.69, 9.17) is 20.9 Å². The third-order valence-electron chi connectivity index (χ3n) is 2.73. The largest absolute Gasteiger partial charge is 0.496 e. The Morgan fingerprint density at radius 1 is 1.28 bits per heavy atom. The molecule has 1 aromatic carbocycles. The molecule has 1 aromatic rings. The molecule has 0 aromatic heterocycles. The molecule has 18 heavy (non-hydrogen) atoms. The van der Waals surface area contributed by atoms with Crippen LogP contribution in [0.4, 0.5) is 0 Å². The second-order valence-electron chi connectivity index (χ2n) is 3.91. The van der Waals surface area contributed by atoms with E-state index < -0.39 is 12.1 Å². The Balaban J connectivity index is 3.10. The molecular weight excluding hydrogens is 300 g/mol. The van der Waals surface area contributed by atoms with Crippen molar-refractivity contribution < 1.29 is 14.6 Å². The molecular formula is C12H19BrN2O3. The summed E-state index contributed by atoms with van der Waals surface area (Å²) in [5.41, 5.74) is 11.9. The van der Waals surface area contributed by atoms with Gasteiger partial charge in [0.15, 0.2) is 0 Å². The summed E-state index contributed by atoms with van der Waals surface area (Å²) in [6.45, 7) is 0.428. The molecule has 2 unspecified atom stereocenters. The first kappa shape index (κ1) is 15.2. The predicted octanol–water partition coefficient (Wildman–Crippen LogP) is 1.18. The van der Waals surface area contributed by atoms with Crippen LogP contribution in [-0.2, 0) is 0 Å². The lowest BCUT2D eigenvalue weighted by atomic mass is 9.99. The summed E-state index contributed by atoms with van der Waals surface area (Å²) in [5.74, 6) is 1.17. The van der Waals surface area contributed by atoms with Gasteiger partial charge >= 0.3 is 0 Å². The van der Waals surface area contributed by atoms with Crippen molar-refractivity contribution in [1.29, 1.82) is 0 Å². The number of halogens is 1. The maximum absolute atomic E-state index is 10.2. The second-order valence-corrected chi connectivity index (χ2v) is 4.77. The van der Waals surface area contributed by atoms with Crippen molar-refractivity contribution in [2.24, 2.45) is 11.5 Å². The molecule has 0 saturated carbocycles. The molecule has 0 fully saturated rings. The van der Waals surface area contributed by atoms with Crippen molar-refractivity contribution in [2.45, 2.75) is 18.6 Å². The Labute approximate surface area is 115 Å². The number of aliphatic hydroxyl groups is 1. The van der Waals surface area contributed by atoms with Gasteiger partial charge in [0.05, 0.1) is 24.8 Å². The Morgan fingerprint density at radius 2 is 1.89 bits per heavy atom. The maximum atomic E-state index is 10.2. The van der Waals surface area contributed by atoms with Gasteiger partial charge in [-0.05, 0) is 35.0 Å². The van der Waals surface area contributed by atoms with Gasteiger partial charge in [-0.2, -0.15) is 0 Å². The van der Waals surface area contributed by atoms with Gasteiger partial charge < -0.3 is 26.0 Å². The van der Waals surface area contributed by atoms with Gasteiger partial charge in [0.1, 0.15) is 11.5 Å². The highest BCUT2D eigenvalue weighted by Crippen LogP contribution is 2.36. The third kappa shape index (κ3) is 3.35. The average molecular weight is 319 g/mol. The molecule has 0 amide bonds. The van der Waals surface area contributed by atoms with E-state index in [0.717, 1.165) is 4.47 Å². The molecule has 0 saturated heterocycles. The number of ether oxygens (including phenoxy) is 2. The summed E-state index contributed by atoms with van der Waals surface area (Å²) < 4.78 is 11.2. The molecule has 2 atom stereocenters. The summed E-state index contributed by atoms with van der Waals surface area (Å²) >= 11 is 3.37. The standard InChI is InChI=1S/C12H19BrN2O3/c1-17-10-6-11(18-2)8(13)5-7(10)12(16)9(15)3-4-14/h5-6,9,12,16H,3-4,14-15H2,1-2H3. The van der Waals surface area contributed by atoms with Gasteiger partial charge in [-0.1, -0.05) is 0 Å². The molecule has 0 bridgehead atoms. The first-order valence-corrected chi connectivity index (χ1v) is 6.39. The predicted molar refractivity (Wildman–Crippen MR) is 73.9 cm³/mol. The molecule has 0 aliphatic rings. The van der Waals surface area contributed by atoms with E-state index in [1.165, 1.54) is 7.11 Å². The van der Waals surface area contributed by atoms with E-state index in [0.29, 0.717) is 30.0 Å². The second kappa shape index (κ2) is 6.94. The van der Waals surface area contributed by atoms with Crippen LogP contribution < -0.4 is 20.9 Å². The number of methoxy groups -OCH3 is 2. The van der Waals surface area contributed by atoms with Gasteiger partial charge in [-0.25, -0.2) is 0 Å². The highest BCUT2D eigenvalue weighted by atomic mass is 79.9. The Kier molecular flexibility index (Phi) is 5.87. The molecule has 0 spiro atoms. The van der Waals surface area contributed by atoms with Crippen LogP contribution in [0.2, 0.25) is 0 Å². The minimum absolute atomic E-state index is 0.427. The first-order valence-electron chi connectivity index (χ1n) is 5.60. The van der Waals surface area contributed by atoms with E-state index in [1.54, 1.807) is 19.2 Å². The minimum Gasteiger partial charge on any atom is -0.496 e. The quantitative estimate of drug-likeness (QED) is 0.732. The molecule has 0 aliphatic heterocycles. The van der Waals surface area contributed by atoms with Crippen molar-refractivity contribution in [3.05, 3.63) is 22.2 Å². The summed E-state index contributed by atoms with van der Waals surface area (Å²) in [7, 11) is 3.10. The number of rotatable bonds is 6. The average Bonchev–Trinajstić information content (AvgIpc) is 2.37. The van der Waals surface area contributed by atoms with Crippen LogP contribution in [0.25, 0.3) is 0 Å². The lowest BCUT2D eigenvalue weighted by Gasteiger charge is -2.21. The Hall–Kier alpha value is -0.820. The molecule has 5 nitrogen and oxygen atoms in total. The van der Waals surface area contributed by atoms with Crippen LogP contribution in [0.1, 0.15) is 18.1 Å². The summed E-state index contributed by atoms with van der Waals surface area (Å²) in [4.78, 5) is 0. The topological polar surface area (TPSA) is 90.7 Å². The number of hydrogen-bond acceptors (Lipinski definition) is 5. The number of nitrogens with two attached hydrogens (primary N) is 2. The van der Waals surface area contributed by atoms with Crippen LogP contribution in [0.15, 0.2) is 16.6 Å². The summed E-state index contributed by atoms with van der Waals surface area (Å²) in [6.07, 6.45) is -0.292. The normalized spacial score (nSPS) is 14.1. The van der Waals surface area contributed by atoms with Crippen LogP contribution in [0.5, 0.6) is 11.5 Å². The molecule has 0 heterocycles. The van der Waals surface area contributed by atoms with Crippen molar-refractivity contribution in [3.8, 4) is 11.5 Å². The summed E-state index contributed by atoms with van der Waals surface area (Å²) in [5, 5.41) is 10.2. The van der Waals surface area contributed by atoms with Gasteiger partial charge in [-0.15, -0.1) is 0 Å². The van der Waals surface area contributed by atoms with Gasteiger partial charge in [0.2, 0.25) is 0 Å². The fourth-order valence-corrected chi connectivity index (χ4v) is 2.22. The molecule has 102 valence electrons. The van der Waals surface area contributed by atoms with E-state index in [2.05, 4.69) is 15.9 Å². The van der Waals surface area contributed by atoms with Gasteiger partial charge in [0, 0.05) is 17.7 Å². The lowest BCUT2D eigenvalue weighted by molar-refractivity contribution is 0.139. The van der Waals surface area contributed by atoms with Crippen molar-refractivity contribution in [1.82, 2.24) is 0 Å². The van der Waals surface area contributed by atoms with Gasteiger partial charge in [0.25, 0.3) is 0 Å². The van der Waals surface area contributed by atoms with E-state index in [9.17, 15) is 5.11 Å². The fourth-order valence-electron chi connectivity index (χ4n) is 1.70. The highest BCUT2D eigenvalue weighted by molar-refractivity contribution is 9.10. The smallest absolute Gasteiger partial charge is 0.136 e. The molecule has 5 N–H and O–H groups in total. The maximum Gasteiger partial charge on any atom is 0.136 e. The fraction of sp³-hybridized carbons (Fsp3) is 0.500. The molecule has 0 radical (unpaired) electrons. The summed E-state index contributed by atoms with van der Waals surface area (Å²) in [6, 6.07) is 3.03. The van der Waals surface area contributed by atoms with Crippen molar-refractivity contribution >= 4 is 15.9 Å². The Bertz CT molecular complexity index is 401. The number of benzene rings is 1. The number of aliphatic hydroxyl groups excluding tert-OH is 1. The zero-order valence-electron chi connectivity index (χ0n) is 10.5. The Morgan fingerprint density at radius 3 is 2.39 bits per heavy atom. The first-order chi connectivity index (χ1) is 8.54. The van der Waals surface area contributed by atoms with E-state index in [-0.39, 0.29) is 0 Å². The van der Waals surface area contributed by atoms with Crippen molar-refractivity contribution in [2.75, 3.05) is 20.8 Å². The van der Waals surface area contributed by atoms with Crippen LogP contribution in [-0.4, -0.2) is 31.9 Å². The van der Waals surface area contributed by atoms with Crippen LogP contribution in [0.3, 0.4) is 0 Å². The van der Waals surface area contributed by atoms with Crippen LogP contribution in [0, 0.1) is 0 Å². The molecule has 0 aliphatic carbocycles. The monoisotopic (exact) mass is 318 g/mol. The SMILES string of the molecule is COc1cc(OC)c(C(O)C(N)CCN)cc1Br. The molecule has 1 rings (SSSR count). The third-order valence-corrected chi connectivity index (χ3v) is 3.35. The van der Waals surface area contributed by atoms with E-state index in [1.807, 2.05) is 0 Å². The van der Waals surface area contributed by atoms with Crippen LogP contribution >= 0.6 is 15.9 Å². The lowest BCUT2D eigenvalue weighted by Crippen LogP contribution is -2.31. The molecule has 6 heteroatoms. The zero-order valence-corrected chi connectivity index (χ0v) is 12.1. The van der Waals surface area contributed by atoms with Gasteiger partial charge in [-0.3, -0.25) is 0 Å².